The van der Waals surface area contributed by atoms with Gasteiger partial charge in [0.1, 0.15) is 11.9 Å². The second-order valence-corrected chi connectivity index (χ2v) is 7.71. The number of thiophene rings is 1. The number of carboxylic acids is 1. The zero-order valence-electron chi connectivity index (χ0n) is 13.6. The van der Waals surface area contributed by atoms with Crippen molar-refractivity contribution in [1.82, 2.24) is 14.9 Å². The van der Waals surface area contributed by atoms with Crippen LogP contribution in [0.3, 0.4) is 0 Å². The van der Waals surface area contributed by atoms with Crippen LogP contribution in [0.15, 0.2) is 23.0 Å². The zero-order chi connectivity index (χ0) is 16.6. The molecule has 1 aliphatic rings. The maximum atomic E-state index is 11.7. The minimum Gasteiger partial charge on any atom is -0.480 e. The van der Waals surface area contributed by atoms with Gasteiger partial charge in [0, 0.05) is 42.4 Å². The smallest absolute Gasteiger partial charge is 0.325 e. The van der Waals surface area contributed by atoms with E-state index in [1.807, 2.05) is 27.9 Å². The normalized spacial score (nSPS) is 16.8. The molecule has 1 aliphatic heterocycles. The summed E-state index contributed by atoms with van der Waals surface area (Å²) in [4.78, 5) is 22.9. The number of hydrogen-bond donors (Lipinski definition) is 1. The van der Waals surface area contributed by atoms with Gasteiger partial charge in [-0.1, -0.05) is 20.8 Å². The first-order valence-electron chi connectivity index (χ1n) is 7.70. The molecular formula is C17H21N3O2S. The number of rotatable bonds is 3. The van der Waals surface area contributed by atoms with Gasteiger partial charge in [0.25, 0.3) is 0 Å². The van der Waals surface area contributed by atoms with Crippen LogP contribution in [0.25, 0.3) is 0 Å². The Kier molecular flexibility index (Phi) is 4.21. The molecule has 0 saturated carbocycles. The summed E-state index contributed by atoms with van der Waals surface area (Å²) in [5.41, 5.74) is 2.85. The van der Waals surface area contributed by atoms with Crippen molar-refractivity contribution in [1.29, 1.82) is 0 Å². The van der Waals surface area contributed by atoms with Gasteiger partial charge in [-0.3, -0.25) is 9.69 Å². The topological polar surface area (TPSA) is 66.3 Å². The molecule has 2 aromatic heterocycles. The molecule has 0 fully saturated rings. The second-order valence-electron chi connectivity index (χ2n) is 6.93. The molecule has 5 nitrogen and oxygen atoms in total. The number of aromatic nitrogens is 2. The first-order chi connectivity index (χ1) is 10.9. The third-order valence-electron chi connectivity index (χ3n) is 4.09. The molecule has 0 saturated heterocycles. The van der Waals surface area contributed by atoms with Gasteiger partial charge in [-0.15, -0.1) is 0 Å². The highest BCUT2D eigenvalue weighted by Gasteiger charge is 2.31. The van der Waals surface area contributed by atoms with Crippen molar-refractivity contribution in [3.05, 3.63) is 45.7 Å². The molecule has 3 rings (SSSR count). The van der Waals surface area contributed by atoms with Gasteiger partial charge >= 0.3 is 5.97 Å². The van der Waals surface area contributed by atoms with E-state index in [4.69, 9.17) is 4.98 Å². The SMILES string of the molecule is CC(C)(C)c1ncc2c(n1)CCN(C(C(=O)O)c1ccsc1)C2. The van der Waals surface area contributed by atoms with E-state index >= 15 is 0 Å². The number of hydrogen-bond acceptors (Lipinski definition) is 5. The average Bonchev–Trinajstić information content (AvgIpc) is 2.99. The van der Waals surface area contributed by atoms with Crippen LogP contribution in [-0.4, -0.2) is 32.5 Å². The van der Waals surface area contributed by atoms with Crippen molar-refractivity contribution in [2.75, 3.05) is 6.54 Å². The van der Waals surface area contributed by atoms with Crippen molar-refractivity contribution in [2.45, 2.75) is 45.2 Å². The van der Waals surface area contributed by atoms with E-state index in [0.29, 0.717) is 13.1 Å². The molecule has 1 unspecified atom stereocenters. The summed E-state index contributed by atoms with van der Waals surface area (Å²) in [5.74, 6) is 0.0383. The van der Waals surface area contributed by atoms with E-state index in [9.17, 15) is 9.90 Å². The van der Waals surface area contributed by atoms with Crippen LogP contribution >= 0.6 is 11.3 Å². The number of aliphatic carboxylic acids is 1. The monoisotopic (exact) mass is 331 g/mol. The van der Waals surface area contributed by atoms with E-state index < -0.39 is 12.0 Å². The van der Waals surface area contributed by atoms with Crippen molar-refractivity contribution in [3.8, 4) is 0 Å². The predicted molar refractivity (Wildman–Crippen MR) is 89.5 cm³/mol. The zero-order valence-corrected chi connectivity index (χ0v) is 14.4. The molecule has 23 heavy (non-hydrogen) atoms. The number of fused-ring (bicyclic) bond motifs is 1. The molecule has 0 bridgehead atoms. The number of carboxylic acid groups (broad SMARTS) is 1. The summed E-state index contributed by atoms with van der Waals surface area (Å²) < 4.78 is 0. The molecule has 6 heteroatoms. The average molecular weight is 331 g/mol. The van der Waals surface area contributed by atoms with E-state index in [-0.39, 0.29) is 5.41 Å². The minimum atomic E-state index is -0.806. The highest BCUT2D eigenvalue weighted by Crippen LogP contribution is 2.29. The van der Waals surface area contributed by atoms with Crippen molar-refractivity contribution >= 4 is 17.3 Å². The predicted octanol–water partition coefficient (Wildman–Crippen LogP) is 3.02. The maximum absolute atomic E-state index is 11.7. The summed E-state index contributed by atoms with van der Waals surface area (Å²) in [5, 5.41) is 13.5. The lowest BCUT2D eigenvalue weighted by atomic mass is 9.94. The minimum absolute atomic E-state index is 0.0769. The first-order valence-corrected chi connectivity index (χ1v) is 8.65. The molecule has 122 valence electrons. The fourth-order valence-corrected chi connectivity index (χ4v) is 3.54. The Morgan fingerprint density at radius 1 is 1.43 bits per heavy atom. The van der Waals surface area contributed by atoms with Crippen molar-refractivity contribution < 1.29 is 9.90 Å². The Bertz CT molecular complexity index is 707. The Balaban J connectivity index is 1.86. The van der Waals surface area contributed by atoms with Gasteiger partial charge in [-0.25, -0.2) is 9.97 Å². The Hall–Kier alpha value is -1.79. The Morgan fingerprint density at radius 2 is 2.22 bits per heavy atom. The maximum Gasteiger partial charge on any atom is 0.325 e. The lowest BCUT2D eigenvalue weighted by Crippen LogP contribution is -2.38. The fraction of sp³-hybridized carbons (Fsp3) is 0.471. The standard InChI is InChI=1S/C17H21N3O2S/c1-17(2,3)16-18-8-12-9-20(6-4-13(12)19-16)14(15(21)22)11-5-7-23-10-11/h5,7-8,10,14H,4,6,9H2,1-3H3,(H,21,22). The number of carbonyl (C=O) groups is 1. The molecule has 0 amide bonds. The van der Waals surface area contributed by atoms with Crippen LogP contribution < -0.4 is 0 Å². The van der Waals surface area contributed by atoms with Crippen LogP contribution in [0.4, 0.5) is 0 Å². The lowest BCUT2D eigenvalue weighted by molar-refractivity contribution is -0.144. The Labute approximate surface area is 140 Å². The molecule has 0 radical (unpaired) electrons. The van der Waals surface area contributed by atoms with Crippen LogP contribution in [0, 0.1) is 0 Å². The summed E-state index contributed by atoms with van der Waals surface area (Å²) in [6, 6.07) is 1.29. The molecule has 1 N–H and O–H groups in total. The van der Waals surface area contributed by atoms with E-state index in [1.54, 1.807) is 0 Å². The molecule has 2 aromatic rings. The molecule has 3 heterocycles. The van der Waals surface area contributed by atoms with E-state index in [1.165, 1.54) is 11.3 Å². The first kappa shape index (κ1) is 16.1. The summed E-state index contributed by atoms with van der Waals surface area (Å²) in [6.07, 6.45) is 2.62. The summed E-state index contributed by atoms with van der Waals surface area (Å²) >= 11 is 1.52. The molecule has 1 atom stereocenters. The van der Waals surface area contributed by atoms with Crippen LogP contribution in [0.1, 0.15) is 49.5 Å². The van der Waals surface area contributed by atoms with Gasteiger partial charge < -0.3 is 5.11 Å². The highest BCUT2D eigenvalue weighted by atomic mass is 32.1. The van der Waals surface area contributed by atoms with Crippen LogP contribution in [-0.2, 0) is 23.2 Å². The quantitative estimate of drug-likeness (QED) is 0.936. The second kappa shape index (κ2) is 6.02. The van der Waals surface area contributed by atoms with Gasteiger partial charge in [0.15, 0.2) is 0 Å². The molecule has 0 spiro atoms. The summed E-state index contributed by atoms with van der Waals surface area (Å²) in [7, 11) is 0. The Morgan fingerprint density at radius 3 is 2.83 bits per heavy atom. The van der Waals surface area contributed by atoms with Crippen molar-refractivity contribution in [3.63, 3.8) is 0 Å². The fourth-order valence-electron chi connectivity index (χ4n) is 2.86. The summed E-state index contributed by atoms with van der Waals surface area (Å²) in [6.45, 7) is 7.57. The highest BCUT2D eigenvalue weighted by molar-refractivity contribution is 7.08. The third-order valence-corrected chi connectivity index (χ3v) is 4.79. The third kappa shape index (κ3) is 3.28. The lowest BCUT2D eigenvalue weighted by Gasteiger charge is -2.33. The van der Waals surface area contributed by atoms with Gasteiger partial charge in [-0.2, -0.15) is 11.3 Å². The molecular weight excluding hydrogens is 310 g/mol. The van der Waals surface area contributed by atoms with Gasteiger partial charge in [-0.05, 0) is 22.4 Å². The van der Waals surface area contributed by atoms with Gasteiger partial charge in [0.2, 0.25) is 0 Å². The number of nitrogens with zero attached hydrogens (tertiary/aromatic N) is 3. The van der Waals surface area contributed by atoms with E-state index in [0.717, 1.165) is 29.1 Å². The van der Waals surface area contributed by atoms with Crippen molar-refractivity contribution in [2.24, 2.45) is 0 Å². The van der Waals surface area contributed by atoms with Crippen LogP contribution in [0.2, 0.25) is 0 Å². The molecule has 0 aliphatic carbocycles. The molecule has 0 aromatic carbocycles. The van der Waals surface area contributed by atoms with E-state index in [2.05, 4.69) is 25.8 Å². The van der Waals surface area contributed by atoms with Gasteiger partial charge in [0.05, 0.1) is 0 Å². The van der Waals surface area contributed by atoms with Crippen LogP contribution in [0.5, 0.6) is 0 Å². The largest absolute Gasteiger partial charge is 0.480 e.